The zero-order valence-corrected chi connectivity index (χ0v) is 18.8. The molecule has 2 rings (SSSR count). The Morgan fingerprint density at radius 3 is 2.12 bits per heavy atom. The minimum absolute atomic E-state index is 0.519. The van der Waals surface area contributed by atoms with E-state index < -0.39 is 0 Å². The first-order valence-corrected chi connectivity index (χ1v) is 10.7. The standard InChI is InChI=1S/C16H25BrN4.2C2H6/c1-4-6-8-12(9-7-5-2)19-13-10-11(3)18-15-14(13)20-21-16(15)17;2*1-2/h10,12H,4-9H2,1-3H3,(H,18,19)(H,20,21);2*1-2H3. The van der Waals surface area contributed by atoms with E-state index in [4.69, 9.17) is 0 Å². The van der Waals surface area contributed by atoms with Crippen LogP contribution in [0.5, 0.6) is 0 Å². The molecule has 0 aliphatic heterocycles. The summed E-state index contributed by atoms with van der Waals surface area (Å²) >= 11 is 3.48. The van der Waals surface area contributed by atoms with E-state index in [0.29, 0.717) is 6.04 Å². The second kappa shape index (κ2) is 14.1. The molecule has 4 nitrogen and oxygen atoms in total. The number of pyridine rings is 1. The van der Waals surface area contributed by atoms with Gasteiger partial charge in [0, 0.05) is 11.7 Å². The molecule has 0 radical (unpaired) electrons. The average Bonchev–Trinajstić information content (AvgIpc) is 3.01. The van der Waals surface area contributed by atoms with Gasteiger partial charge in [-0.2, -0.15) is 5.10 Å². The highest BCUT2D eigenvalue weighted by Gasteiger charge is 2.14. The van der Waals surface area contributed by atoms with Gasteiger partial charge in [-0.05, 0) is 41.8 Å². The SMILES string of the molecule is CC.CC.CCCCC(CCCC)Nc1cc(C)nc2c(Br)[nH]nc12. The lowest BCUT2D eigenvalue weighted by atomic mass is 10.0. The van der Waals surface area contributed by atoms with E-state index in [0.717, 1.165) is 27.0 Å². The maximum Gasteiger partial charge on any atom is 0.135 e. The number of nitrogens with zero attached hydrogens (tertiary/aromatic N) is 2. The summed E-state index contributed by atoms with van der Waals surface area (Å²) < 4.78 is 0.850. The van der Waals surface area contributed by atoms with E-state index in [2.05, 4.69) is 56.3 Å². The van der Waals surface area contributed by atoms with Gasteiger partial charge in [-0.15, -0.1) is 0 Å². The smallest absolute Gasteiger partial charge is 0.135 e. The van der Waals surface area contributed by atoms with E-state index in [1.807, 2.05) is 34.6 Å². The van der Waals surface area contributed by atoms with Gasteiger partial charge in [0.15, 0.2) is 0 Å². The number of H-pyrrole nitrogens is 1. The molecule has 0 unspecified atom stereocenters. The molecule has 0 spiro atoms. The van der Waals surface area contributed by atoms with Crippen LogP contribution >= 0.6 is 15.9 Å². The van der Waals surface area contributed by atoms with Crippen LogP contribution in [-0.2, 0) is 0 Å². The third kappa shape index (κ3) is 7.76. The van der Waals surface area contributed by atoms with Gasteiger partial charge >= 0.3 is 0 Å². The fraction of sp³-hybridized carbons (Fsp3) is 0.700. The Kier molecular flexibility index (Phi) is 13.5. The number of nitrogens with one attached hydrogen (secondary N) is 2. The van der Waals surface area contributed by atoms with Crippen molar-refractivity contribution in [1.29, 1.82) is 0 Å². The Bertz CT molecular complexity index is 572. The first-order valence-electron chi connectivity index (χ1n) is 9.93. The van der Waals surface area contributed by atoms with Gasteiger partial charge in [-0.3, -0.25) is 5.10 Å². The molecule has 0 aliphatic rings. The molecule has 2 heterocycles. The molecule has 0 fully saturated rings. The molecule has 25 heavy (non-hydrogen) atoms. The Labute approximate surface area is 162 Å². The van der Waals surface area contributed by atoms with Gasteiger partial charge in [-0.25, -0.2) is 4.98 Å². The van der Waals surface area contributed by atoms with Crippen molar-refractivity contribution >= 4 is 32.7 Å². The molecule has 0 saturated carbocycles. The number of fused-ring (bicyclic) bond motifs is 1. The van der Waals surface area contributed by atoms with Crippen LogP contribution in [0.25, 0.3) is 11.0 Å². The number of aromatic amines is 1. The summed E-state index contributed by atoms with van der Waals surface area (Å²) in [4.78, 5) is 4.55. The molecule has 5 heteroatoms. The Morgan fingerprint density at radius 2 is 1.60 bits per heavy atom. The van der Waals surface area contributed by atoms with Crippen LogP contribution in [0.1, 0.15) is 85.8 Å². The molecular weight excluding hydrogens is 376 g/mol. The predicted molar refractivity (Wildman–Crippen MR) is 115 cm³/mol. The summed E-state index contributed by atoms with van der Waals surface area (Å²) in [5.74, 6) is 0. The third-order valence-corrected chi connectivity index (χ3v) is 4.32. The lowest BCUT2D eigenvalue weighted by Crippen LogP contribution is -2.19. The highest BCUT2D eigenvalue weighted by atomic mass is 79.9. The first kappa shape index (κ1) is 23.9. The van der Waals surface area contributed by atoms with E-state index in [-0.39, 0.29) is 0 Å². The molecule has 2 N–H and O–H groups in total. The fourth-order valence-electron chi connectivity index (χ4n) is 2.61. The van der Waals surface area contributed by atoms with Crippen LogP contribution in [0.2, 0.25) is 0 Å². The van der Waals surface area contributed by atoms with E-state index in [9.17, 15) is 0 Å². The third-order valence-electron chi connectivity index (χ3n) is 3.77. The van der Waals surface area contributed by atoms with Crippen LogP contribution in [0, 0.1) is 6.92 Å². The van der Waals surface area contributed by atoms with Crippen molar-refractivity contribution in [2.75, 3.05) is 5.32 Å². The van der Waals surface area contributed by atoms with Gasteiger partial charge in [0.1, 0.15) is 15.6 Å². The second-order valence-corrected chi connectivity index (χ2v) is 6.46. The molecule has 2 aromatic rings. The summed E-state index contributed by atoms with van der Waals surface area (Å²) in [5.41, 5.74) is 3.93. The summed E-state index contributed by atoms with van der Waals surface area (Å²) in [5, 5.41) is 11.0. The van der Waals surface area contributed by atoms with Crippen LogP contribution in [0.15, 0.2) is 10.7 Å². The Morgan fingerprint density at radius 1 is 1.04 bits per heavy atom. The summed E-state index contributed by atoms with van der Waals surface area (Å²) in [6, 6.07) is 2.62. The van der Waals surface area contributed by atoms with E-state index >= 15 is 0 Å². The minimum atomic E-state index is 0.519. The minimum Gasteiger partial charge on any atom is -0.380 e. The molecule has 0 amide bonds. The largest absolute Gasteiger partial charge is 0.380 e. The van der Waals surface area contributed by atoms with Crippen molar-refractivity contribution in [1.82, 2.24) is 15.2 Å². The van der Waals surface area contributed by atoms with Crippen molar-refractivity contribution in [3.8, 4) is 0 Å². The van der Waals surface area contributed by atoms with Gasteiger partial charge < -0.3 is 5.32 Å². The molecule has 0 aliphatic carbocycles. The monoisotopic (exact) mass is 412 g/mol. The lowest BCUT2D eigenvalue weighted by molar-refractivity contribution is 0.547. The maximum absolute atomic E-state index is 4.55. The quantitative estimate of drug-likeness (QED) is 0.479. The molecule has 0 aromatic carbocycles. The van der Waals surface area contributed by atoms with E-state index in [1.54, 1.807) is 0 Å². The molecule has 2 aromatic heterocycles. The summed E-state index contributed by atoms with van der Waals surface area (Å²) in [6.07, 6.45) is 7.43. The van der Waals surface area contributed by atoms with E-state index in [1.165, 1.54) is 38.5 Å². The number of halogens is 1. The first-order chi connectivity index (χ1) is 12.2. The predicted octanol–water partition coefficient (Wildman–Crippen LogP) is 7.24. The summed E-state index contributed by atoms with van der Waals surface area (Å²) in [7, 11) is 0. The van der Waals surface area contributed by atoms with Crippen molar-refractivity contribution in [3.63, 3.8) is 0 Å². The van der Waals surface area contributed by atoms with Crippen LogP contribution in [0.3, 0.4) is 0 Å². The molecule has 0 bridgehead atoms. The lowest BCUT2D eigenvalue weighted by Gasteiger charge is -2.20. The van der Waals surface area contributed by atoms with Crippen molar-refractivity contribution in [3.05, 3.63) is 16.4 Å². The van der Waals surface area contributed by atoms with Crippen molar-refractivity contribution < 1.29 is 0 Å². The van der Waals surface area contributed by atoms with Crippen molar-refractivity contribution in [2.24, 2.45) is 0 Å². The maximum atomic E-state index is 4.55. The highest BCUT2D eigenvalue weighted by Crippen LogP contribution is 2.27. The molecular formula is C20H37BrN4. The number of anilines is 1. The normalized spacial score (nSPS) is 10.1. The number of aromatic nitrogens is 3. The topological polar surface area (TPSA) is 53.6 Å². The number of unbranched alkanes of at least 4 members (excludes halogenated alkanes) is 2. The fourth-order valence-corrected chi connectivity index (χ4v) is 2.98. The second-order valence-electron chi connectivity index (χ2n) is 5.67. The number of rotatable bonds is 8. The number of hydrogen-bond acceptors (Lipinski definition) is 3. The summed E-state index contributed by atoms with van der Waals surface area (Å²) in [6.45, 7) is 14.5. The van der Waals surface area contributed by atoms with Gasteiger partial charge in [-0.1, -0.05) is 67.2 Å². The van der Waals surface area contributed by atoms with Crippen LogP contribution in [0.4, 0.5) is 5.69 Å². The van der Waals surface area contributed by atoms with Gasteiger partial charge in [0.05, 0.1) is 5.69 Å². The Hall–Kier alpha value is -1.10. The van der Waals surface area contributed by atoms with Crippen LogP contribution in [-0.4, -0.2) is 21.2 Å². The molecule has 0 saturated heterocycles. The Balaban J connectivity index is 0.00000134. The number of aryl methyl sites for hydroxylation is 1. The zero-order chi connectivity index (χ0) is 19.2. The molecule has 144 valence electrons. The van der Waals surface area contributed by atoms with Gasteiger partial charge in [0.25, 0.3) is 0 Å². The molecule has 0 atom stereocenters. The van der Waals surface area contributed by atoms with Gasteiger partial charge in [0.2, 0.25) is 0 Å². The average molecular weight is 413 g/mol. The number of hydrogen-bond donors (Lipinski definition) is 2. The van der Waals surface area contributed by atoms with Crippen molar-refractivity contribution in [2.45, 2.75) is 93.0 Å². The highest BCUT2D eigenvalue weighted by molar-refractivity contribution is 9.10. The zero-order valence-electron chi connectivity index (χ0n) is 17.2. The van der Waals surface area contributed by atoms with Crippen LogP contribution < -0.4 is 5.32 Å².